The number of hydrogen-bond acceptors (Lipinski definition) is 2. The van der Waals surface area contributed by atoms with Gasteiger partial charge in [-0.2, -0.15) is 0 Å². The lowest BCUT2D eigenvalue weighted by Gasteiger charge is -2.12. The number of benzene rings is 2. The Kier molecular flexibility index (Phi) is 5.57. The van der Waals surface area contributed by atoms with E-state index in [2.05, 4.69) is 28.5 Å². The van der Waals surface area contributed by atoms with Crippen molar-refractivity contribution in [1.29, 1.82) is 0 Å². The zero-order chi connectivity index (χ0) is 18.0. The molecule has 0 saturated heterocycles. The van der Waals surface area contributed by atoms with Crippen LogP contribution in [0.25, 0.3) is 10.9 Å². The standard InChI is InChI=1S/C20H22Cl2N2O/c1-14-20(25-10-9-23(2)3)17-11-16(21)12-18(22)19(17)24(14)13-15-7-5-4-6-8-15/h4-8,11-12H,9-10,13H2,1-3H3. The Morgan fingerprint density at radius 3 is 2.48 bits per heavy atom. The predicted molar refractivity (Wildman–Crippen MR) is 106 cm³/mol. The van der Waals surface area contributed by atoms with Crippen LogP contribution in [0.15, 0.2) is 42.5 Å². The summed E-state index contributed by atoms with van der Waals surface area (Å²) in [4.78, 5) is 2.10. The second-order valence-electron chi connectivity index (χ2n) is 6.42. The molecule has 0 bridgehead atoms. The van der Waals surface area contributed by atoms with E-state index in [4.69, 9.17) is 27.9 Å². The second-order valence-corrected chi connectivity index (χ2v) is 7.27. The van der Waals surface area contributed by atoms with E-state index < -0.39 is 0 Å². The topological polar surface area (TPSA) is 17.4 Å². The zero-order valence-corrected chi connectivity index (χ0v) is 16.2. The van der Waals surface area contributed by atoms with Crippen molar-refractivity contribution in [1.82, 2.24) is 9.47 Å². The van der Waals surface area contributed by atoms with E-state index in [1.165, 1.54) is 5.56 Å². The summed E-state index contributed by atoms with van der Waals surface area (Å²) >= 11 is 12.8. The van der Waals surface area contributed by atoms with Crippen molar-refractivity contribution in [3.8, 4) is 5.75 Å². The molecule has 0 atom stereocenters. The molecule has 25 heavy (non-hydrogen) atoms. The molecule has 1 heterocycles. The maximum Gasteiger partial charge on any atom is 0.147 e. The molecule has 0 aliphatic carbocycles. The summed E-state index contributed by atoms with van der Waals surface area (Å²) < 4.78 is 8.31. The van der Waals surface area contributed by atoms with Gasteiger partial charge in [0, 0.05) is 23.5 Å². The number of rotatable bonds is 6. The van der Waals surface area contributed by atoms with Gasteiger partial charge in [-0.05, 0) is 38.7 Å². The molecular formula is C20H22Cl2N2O. The van der Waals surface area contributed by atoms with Gasteiger partial charge < -0.3 is 14.2 Å². The molecule has 5 heteroatoms. The molecule has 0 fully saturated rings. The Hall–Kier alpha value is -1.68. The molecule has 0 saturated carbocycles. The SMILES string of the molecule is Cc1c(OCCN(C)C)c2cc(Cl)cc(Cl)c2n1Cc1ccccc1. The first-order valence-corrected chi connectivity index (χ1v) is 9.02. The maximum absolute atomic E-state index is 6.53. The number of nitrogens with zero attached hydrogens (tertiary/aromatic N) is 2. The molecule has 0 aliphatic heterocycles. The predicted octanol–water partition coefficient (Wildman–Crippen LogP) is 5.25. The van der Waals surface area contributed by atoms with Gasteiger partial charge in [-0.15, -0.1) is 0 Å². The first-order valence-electron chi connectivity index (χ1n) is 8.26. The van der Waals surface area contributed by atoms with Gasteiger partial charge in [0.25, 0.3) is 0 Å². The van der Waals surface area contributed by atoms with Gasteiger partial charge >= 0.3 is 0 Å². The van der Waals surface area contributed by atoms with Crippen LogP contribution in [0, 0.1) is 6.92 Å². The molecule has 0 aliphatic rings. The van der Waals surface area contributed by atoms with E-state index in [0.29, 0.717) is 16.7 Å². The van der Waals surface area contributed by atoms with Crippen LogP contribution in [0.4, 0.5) is 0 Å². The van der Waals surface area contributed by atoms with Crippen molar-refractivity contribution in [2.75, 3.05) is 27.2 Å². The van der Waals surface area contributed by atoms with Gasteiger partial charge in [-0.1, -0.05) is 53.5 Å². The Balaban J connectivity index is 2.07. The first-order chi connectivity index (χ1) is 12.0. The molecule has 0 unspecified atom stereocenters. The molecule has 3 nitrogen and oxygen atoms in total. The van der Waals surface area contributed by atoms with E-state index in [9.17, 15) is 0 Å². The van der Waals surface area contributed by atoms with Crippen LogP contribution in [-0.2, 0) is 6.54 Å². The summed E-state index contributed by atoms with van der Waals surface area (Å²) in [5.74, 6) is 0.859. The van der Waals surface area contributed by atoms with Crippen molar-refractivity contribution in [3.05, 3.63) is 63.8 Å². The minimum atomic E-state index is 0.614. The van der Waals surface area contributed by atoms with E-state index in [1.54, 1.807) is 6.07 Å². The van der Waals surface area contributed by atoms with Gasteiger partial charge in [0.15, 0.2) is 0 Å². The molecule has 0 radical (unpaired) electrons. The van der Waals surface area contributed by atoms with Crippen molar-refractivity contribution in [3.63, 3.8) is 0 Å². The minimum Gasteiger partial charge on any atom is -0.490 e. The van der Waals surface area contributed by atoms with E-state index in [1.807, 2.05) is 38.4 Å². The molecule has 2 aromatic carbocycles. The number of hydrogen-bond donors (Lipinski definition) is 0. The van der Waals surface area contributed by atoms with E-state index in [-0.39, 0.29) is 0 Å². The highest BCUT2D eigenvalue weighted by atomic mass is 35.5. The molecule has 132 valence electrons. The van der Waals surface area contributed by atoms with Crippen molar-refractivity contribution < 1.29 is 4.74 Å². The highest BCUT2D eigenvalue weighted by molar-refractivity contribution is 6.38. The Labute approximate surface area is 158 Å². The van der Waals surface area contributed by atoms with Gasteiger partial charge in [0.05, 0.1) is 16.2 Å². The fourth-order valence-corrected chi connectivity index (χ4v) is 3.57. The third-order valence-corrected chi connectivity index (χ3v) is 4.75. The van der Waals surface area contributed by atoms with Crippen LogP contribution in [0.3, 0.4) is 0 Å². The van der Waals surface area contributed by atoms with E-state index in [0.717, 1.165) is 35.4 Å². The monoisotopic (exact) mass is 376 g/mol. The quantitative estimate of drug-likeness (QED) is 0.584. The Morgan fingerprint density at radius 2 is 1.80 bits per heavy atom. The van der Waals surface area contributed by atoms with Crippen LogP contribution in [0.1, 0.15) is 11.3 Å². The van der Waals surface area contributed by atoms with Crippen LogP contribution in [0.5, 0.6) is 5.75 Å². The zero-order valence-electron chi connectivity index (χ0n) is 14.7. The van der Waals surface area contributed by atoms with Gasteiger partial charge in [-0.3, -0.25) is 0 Å². The van der Waals surface area contributed by atoms with Gasteiger partial charge in [-0.25, -0.2) is 0 Å². The molecule has 1 aromatic heterocycles. The summed E-state index contributed by atoms with van der Waals surface area (Å²) in [6.07, 6.45) is 0. The van der Waals surface area contributed by atoms with E-state index >= 15 is 0 Å². The molecule has 0 amide bonds. The smallest absolute Gasteiger partial charge is 0.147 e. The number of ether oxygens (including phenoxy) is 1. The number of fused-ring (bicyclic) bond motifs is 1. The molecule has 0 N–H and O–H groups in total. The summed E-state index contributed by atoms with van der Waals surface area (Å²) in [5, 5.41) is 2.22. The average molecular weight is 377 g/mol. The first kappa shape index (κ1) is 18.1. The summed E-state index contributed by atoms with van der Waals surface area (Å²) in [6.45, 7) is 4.27. The molecule has 3 aromatic rings. The van der Waals surface area contributed by atoms with Crippen LogP contribution in [-0.4, -0.2) is 36.7 Å². The third kappa shape index (κ3) is 3.95. The highest BCUT2D eigenvalue weighted by Crippen LogP contribution is 2.39. The molecular weight excluding hydrogens is 355 g/mol. The number of aromatic nitrogens is 1. The summed E-state index contributed by atoms with van der Waals surface area (Å²) in [6, 6.07) is 14.1. The molecule has 3 rings (SSSR count). The lowest BCUT2D eigenvalue weighted by atomic mass is 10.2. The third-order valence-electron chi connectivity index (χ3n) is 4.24. The Bertz CT molecular complexity index is 873. The lowest BCUT2D eigenvalue weighted by molar-refractivity contribution is 0.262. The lowest BCUT2D eigenvalue weighted by Crippen LogP contribution is -2.19. The Morgan fingerprint density at radius 1 is 1.08 bits per heavy atom. The van der Waals surface area contributed by atoms with Gasteiger partial charge in [0.1, 0.15) is 12.4 Å². The van der Waals surface area contributed by atoms with Crippen molar-refractivity contribution >= 4 is 34.1 Å². The largest absolute Gasteiger partial charge is 0.490 e. The van der Waals surface area contributed by atoms with Crippen LogP contribution in [0.2, 0.25) is 10.0 Å². The van der Waals surface area contributed by atoms with Crippen LogP contribution < -0.4 is 4.74 Å². The van der Waals surface area contributed by atoms with Gasteiger partial charge in [0.2, 0.25) is 0 Å². The minimum absolute atomic E-state index is 0.614. The van der Waals surface area contributed by atoms with Crippen molar-refractivity contribution in [2.24, 2.45) is 0 Å². The number of likely N-dealkylation sites (N-methyl/N-ethyl adjacent to an activating group) is 1. The summed E-state index contributed by atoms with van der Waals surface area (Å²) in [5.41, 5.74) is 3.24. The molecule has 0 spiro atoms. The highest BCUT2D eigenvalue weighted by Gasteiger charge is 2.19. The number of halogens is 2. The average Bonchev–Trinajstić information content (AvgIpc) is 2.81. The van der Waals surface area contributed by atoms with Crippen LogP contribution >= 0.6 is 23.2 Å². The normalized spacial score (nSPS) is 11.4. The summed E-state index contributed by atoms with van der Waals surface area (Å²) in [7, 11) is 4.06. The fraction of sp³-hybridized carbons (Fsp3) is 0.300. The second kappa shape index (κ2) is 7.69. The fourth-order valence-electron chi connectivity index (χ4n) is 2.97. The maximum atomic E-state index is 6.53. The van der Waals surface area contributed by atoms with Crippen molar-refractivity contribution in [2.45, 2.75) is 13.5 Å².